The summed E-state index contributed by atoms with van der Waals surface area (Å²) in [5.41, 5.74) is 0. The number of amides is 2. The minimum atomic E-state index is -1.11. The fourth-order valence-corrected chi connectivity index (χ4v) is 2.30. The topological polar surface area (TPSA) is 103 Å². The van der Waals surface area contributed by atoms with Crippen molar-refractivity contribution in [3.8, 4) is 0 Å². The van der Waals surface area contributed by atoms with Gasteiger partial charge < -0.3 is 24.8 Å². The largest absolute Gasteiger partial charge is 0.480 e. The molecule has 2 heterocycles. The van der Waals surface area contributed by atoms with Gasteiger partial charge in [0.25, 0.3) is 0 Å². The van der Waals surface area contributed by atoms with Crippen molar-refractivity contribution in [1.82, 2.24) is 10.2 Å². The Morgan fingerprint density at radius 1 is 1.50 bits per heavy atom. The Morgan fingerprint density at radius 2 is 2.20 bits per heavy atom. The molecule has 7 heteroatoms. The summed E-state index contributed by atoms with van der Waals surface area (Å²) in [4.78, 5) is 24.3. The molecule has 7 nitrogen and oxygen atoms in total. The van der Waals surface area contributed by atoms with E-state index < -0.39 is 24.1 Å². The first-order chi connectivity index (χ1) is 9.38. The van der Waals surface area contributed by atoms with Crippen LogP contribution < -0.4 is 5.32 Å². The Bertz CT molecular complexity index is 513. The fraction of sp³-hybridized carbons (Fsp3) is 0.538. The number of hydrogen-bond donors (Lipinski definition) is 3. The van der Waals surface area contributed by atoms with Gasteiger partial charge in [-0.25, -0.2) is 9.59 Å². The minimum Gasteiger partial charge on any atom is -0.480 e. The number of carboxylic acids is 1. The zero-order chi connectivity index (χ0) is 14.9. The van der Waals surface area contributed by atoms with Gasteiger partial charge in [-0.3, -0.25) is 0 Å². The number of hydrogen-bond acceptors (Lipinski definition) is 4. The first kappa shape index (κ1) is 14.4. The molecule has 1 aliphatic rings. The lowest BCUT2D eigenvalue weighted by Gasteiger charge is -2.23. The molecule has 0 spiro atoms. The Morgan fingerprint density at radius 3 is 2.75 bits per heavy atom. The van der Waals surface area contributed by atoms with Crippen LogP contribution in [0.15, 0.2) is 16.5 Å². The Hall–Kier alpha value is -2.02. The number of carbonyl (C=O) groups is 2. The molecule has 20 heavy (non-hydrogen) atoms. The summed E-state index contributed by atoms with van der Waals surface area (Å²) in [6.45, 7) is 3.57. The number of nitrogens with one attached hydrogen (secondary N) is 1. The third kappa shape index (κ3) is 2.93. The van der Waals surface area contributed by atoms with Gasteiger partial charge in [0.05, 0.1) is 12.1 Å². The van der Waals surface area contributed by atoms with E-state index in [2.05, 4.69) is 5.32 Å². The molecule has 3 atom stereocenters. The van der Waals surface area contributed by atoms with Crippen LogP contribution in [0.2, 0.25) is 0 Å². The molecule has 3 N–H and O–H groups in total. The lowest BCUT2D eigenvalue weighted by atomic mass is 10.2. The van der Waals surface area contributed by atoms with Crippen molar-refractivity contribution < 1.29 is 24.2 Å². The summed E-state index contributed by atoms with van der Waals surface area (Å²) >= 11 is 0. The van der Waals surface area contributed by atoms with Crippen LogP contribution in [0, 0.1) is 6.92 Å². The van der Waals surface area contributed by atoms with Crippen molar-refractivity contribution in [1.29, 1.82) is 0 Å². The van der Waals surface area contributed by atoms with Gasteiger partial charge in [0.15, 0.2) is 0 Å². The number of aliphatic hydroxyl groups is 1. The lowest BCUT2D eigenvalue weighted by molar-refractivity contribution is -0.141. The van der Waals surface area contributed by atoms with Gasteiger partial charge in [0.1, 0.15) is 17.6 Å². The van der Waals surface area contributed by atoms with E-state index in [0.717, 1.165) is 10.7 Å². The Kier molecular flexibility index (Phi) is 3.99. The van der Waals surface area contributed by atoms with Gasteiger partial charge in [0, 0.05) is 13.0 Å². The summed E-state index contributed by atoms with van der Waals surface area (Å²) in [6.07, 6.45) is -0.750. The molecule has 1 aromatic rings. The van der Waals surface area contributed by atoms with Crippen LogP contribution in [-0.2, 0) is 4.79 Å². The fourth-order valence-electron chi connectivity index (χ4n) is 2.30. The normalized spacial score (nSPS) is 23.6. The summed E-state index contributed by atoms with van der Waals surface area (Å²) < 4.78 is 5.41. The van der Waals surface area contributed by atoms with Crippen LogP contribution in [0.3, 0.4) is 0 Å². The highest BCUT2D eigenvalue weighted by Gasteiger charge is 2.39. The number of likely N-dealkylation sites (tertiary alicyclic amines) is 1. The molecule has 0 aliphatic carbocycles. The lowest BCUT2D eigenvalue weighted by Crippen LogP contribution is -2.46. The molecule has 1 unspecified atom stereocenters. The average molecular weight is 282 g/mol. The number of nitrogens with zero attached hydrogens (tertiary/aromatic N) is 1. The second-order valence-electron chi connectivity index (χ2n) is 5.02. The third-order valence-electron chi connectivity index (χ3n) is 3.35. The van der Waals surface area contributed by atoms with E-state index in [4.69, 9.17) is 9.52 Å². The number of aliphatic carboxylic acids is 1. The second kappa shape index (κ2) is 5.54. The van der Waals surface area contributed by atoms with Crippen molar-refractivity contribution in [2.75, 3.05) is 6.54 Å². The van der Waals surface area contributed by atoms with Crippen molar-refractivity contribution in [2.45, 2.75) is 38.5 Å². The highest BCUT2D eigenvalue weighted by molar-refractivity contribution is 5.83. The van der Waals surface area contributed by atoms with E-state index in [9.17, 15) is 14.7 Å². The minimum absolute atomic E-state index is 0.0205. The highest BCUT2D eigenvalue weighted by atomic mass is 16.4. The number of aryl methyl sites for hydroxylation is 1. The van der Waals surface area contributed by atoms with Crippen LogP contribution >= 0.6 is 0 Å². The molecule has 1 aliphatic heterocycles. The number of aliphatic hydroxyl groups excluding tert-OH is 1. The first-order valence-electron chi connectivity index (χ1n) is 6.43. The Balaban J connectivity index is 2.02. The molecule has 0 bridgehead atoms. The van der Waals surface area contributed by atoms with Crippen molar-refractivity contribution in [3.63, 3.8) is 0 Å². The van der Waals surface area contributed by atoms with Crippen LogP contribution in [0.5, 0.6) is 0 Å². The van der Waals surface area contributed by atoms with E-state index in [-0.39, 0.29) is 19.0 Å². The molecule has 0 radical (unpaired) electrons. The second-order valence-corrected chi connectivity index (χ2v) is 5.02. The average Bonchev–Trinajstić information content (AvgIpc) is 2.95. The molecule has 1 aromatic heterocycles. The smallest absolute Gasteiger partial charge is 0.326 e. The molecule has 2 amide bonds. The van der Waals surface area contributed by atoms with E-state index in [1.165, 1.54) is 0 Å². The van der Waals surface area contributed by atoms with Gasteiger partial charge in [-0.15, -0.1) is 0 Å². The molecule has 1 saturated heterocycles. The molecule has 2 rings (SSSR count). The van der Waals surface area contributed by atoms with Crippen molar-refractivity contribution in [2.24, 2.45) is 0 Å². The monoisotopic (exact) mass is 282 g/mol. The van der Waals surface area contributed by atoms with E-state index >= 15 is 0 Å². The van der Waals surface area contributed by atoms with Gasteiger partial charge in [-0.1, -0.05) is 0 Å². The molecular formula is C13H18N2O5. The molecule has 110 valence electrons. The Labute approximate surface area is 116 Å². The van der Waals surface area contributed by atoms with Gasteiger partial charge in [-0.2, -0.15) is 0 Å². The predicted octanol–water partition coefficient (Wildman–Crippen LogP) is 0.878. The highest BCUT2D eigenvalue weighted by Crippen LogP contribution is 2.20. The number of furan rings is 1. The van der Waals surface area contributed by atoms with Crippen LogP contribution in [0.1, 0.15) is 30.9 Å². The van der Waals surface area contributed by atoms with Gasteiger partial charge >= 0.3 is 12.0 Å². The van der Waals surface area contributed by atoms with Crippen LogP contribution in [0.25, 0.3) is 0 Å². The quantitative estimate of drug-likeness (QED) is 0.763. The molecular weight excluding hydrogens is 264 g/mol. The third-order valence-corrected chi connectivity index (χ3v) is 3.35. The number of β-amino-alcohol motifs (C(OH)–C–C–N with tert-alkyl or cyclic N) is 1. The number of rotatable bonds is 3. The first-order valence-corrected chi connectivity index (χ1v) is 6.43. The van der Waals surface area contributed by atoms with Crippen LogP contribution in [-0.4, -0.2) is 45.8 Å². The number of urea groups is 1. The molecule has 0 aromatic carbocycles. The van der Waals surface area contributed by atoms with Gasteiger partial charge in [0.2, 0.25) is 0 Å². The SMILES string of the molecule is Cc1ccc(C(C)NC(=O)N2C[C@H](O)C[C@H]2C(=O)O)o1. The maximum Gasteiger partial charge on any atom is 0.326 e. The standard InChI is InChI=1S/C13H18N2O5/c1-7-3-4-11(20-7)8(2)14-13(19)15-6-9(16)5-10(15)12(17)18/h3-4,8-10,16H,5-6H2,1-2H3,(H,14,19)(H,17,18)/t8?,9-,10+/m1/s1. The zero-order valence-electron chi connectivity index (χ0n) is 11.4. The zero-order valence-corrected chi connectivity index (χ0v) is 11.4. The van der Waals surface area contributed by atoms with E-state index in [1.807, 2.05) is 0 Å². The van der Waals surface area contributed by atoms with E-state index in [1.54, 1.807) is 26.0 Å². The van der Waals surface area contributed by atoms with Crippen LogP contribution in [0.4, 0.5) is 4.79 Å². The summed E-state index contributed by atoms with van der Waals surface area (Å²) in [5, 5.41) is 21.2. The maximum atomic E-state index is 12.1. The summed E-state index contributed by atoms with van der Waals surface area (Å²) in [5.74, 6) is 0.224. The summed E-state index contributed by atoms with van der Waals surface area (Å²) in [7, 11) is 0. The predicted molar refractivity (Wildman–Crippen MR) is 69.1 cm³/mol. The number of carbonyl (C=O) groups excluding carboxylic acids is 1. The maximum absolute atomic E-state index is 12.1. The number of carboxylic acid groups (broad SMARTS) is 1. The van der Waals surface area contributed by atoms with E-state index in [0.29, 0.717) is 5.76 Å². The van der Waals surface area contributed by atoms with Gasteiger partial charge in [-0.05, 0) is 26.0 Å². The van der Waals surface area contributed by atoms with Crippen molar-refractivity contribution >= 4 is 12.0 Å². The summed E-state index contributed by atoms with van der Waals surface area (Å²) in [6, 6.07) is 1.67. The molecule has 0 saturated carbocycles. The van der Waals surface area contributed by atoms with Crippen molar-refractivity contribution in [3.05, 3.63) is 23.7 Å². The molecule has 1 fully saturated rings.